The van der Waals surface area contributed by atoms with Crippen LogP contribution < -0.4 is 10.6 Å². The molecule has 1 atom stereocenters. The highest BCUT2D eigenvalue weighted by atomic mass is 35.5. The van der Waals surface area contributed by atoms with Gasteiger partial charge in [0.05, 0.1) is 18.3 Å². The van der Waals surface area contributed by atoms with Crippen molar-refractivity contribution in [3.05, 3.63) is 77.2 Å². The average molecular weight is 356 g/mol. The number of aromatic nitrogens is 3. The van der Waals surface area contributed by atoms with Crippen LogP contribution in [0, 0.1) is 0 Å². The lowest BCUT2D eigenvalue weighted by atomic mass is 10.1. The molecule has 25 heavy (non-hydrogen) atoms. The minimum atomic E-state index is -0.324. The first-order valence-corrected chi connectivity index (χ1v) is 8.24. The van der Waals surface area contributed by atoms with E-state index in [-0.39, 0.29) is 12.1 Å². The Morgan fingerprint density at radius 1 is 1.24 bits per heavy atom. The largest absolute Gasteiger partial charge is 0.331 e. The molecule has 0 saturated carbocycles. The van der Waals surface area contributed by atoms with Gasteiger partial charge in [0.25, 0.3) is 0 Å². The second-order valence-corrected chi connectivity index (χ2v) is 6.03. The predicted octanol–water partition coefficient (Wildman–Crippen LogP) is 3.86. The lowest BCUT2D eigenvalue weighted by Gasteiger charge is -2.14. The van der Waals surface area contributed by atoms with Gasteiger partial charge < -0.3 is 5.32 Å². The molecular formula is C18H18ClN5O. The lowest BCUT2D eigenvalue weighted by molar-refractivity contribution is 0.249. The highest BCUT2D eigenvalue weighted by molar-refractivity contribution is 6.30. The number of amides is 2. The van der Waals surface area contributed by atoms with Gasteiger partial charge in [0.15, 0.2) is 5.82 Å². The third-order valence-corrected chi connectivity index (χ3v) is 3.86. The molecule has 128 valence electrons. The molecule has 3 rings (SSSR count). The molecule has 3 aromatic rings. The van der Waals surface area contributed by atoms with E-state index >= 15 is 0 Å². The fourth-order valence-corrected chi connectivity index (χ4v) is 2.58. The summed E-state index contributed by atoms with van der Waals surface area (Å²) in [7, 11) is 0. The molecule has 0 spiro atoms. The SMILES string of the molecule is CC(NC(=O)Nc1ccn(Cc2ccccn2)n1)c1cccc(Cl)c1. The molecule has 1 unspecified atom stereocenters. The number of rotatable bonds is 5. The smallest absolute Gasteiger partial charge is 0.320 e. The number of pyridine rings is 1. The van der Waals surface area contributed by atoms with Gasteiger partial charge in [-0.15, -0.1) is 0 Å². The zero-order valence-electron chi connectivity index (χ0n) is 13.7. The first kappa shape index (κ1) is 17.0. The first-order chi connectivity index (χ1) is 12.1. The Morgan fingerprint density at radius 2 is 2.12 bits per heavy atom. The molecule has 0 aliphatic heterocycles. The van der Waals surface area contributed by atoms with Gasteiger partial charge in [-0.25, -0.2) is 4.79 Å². The van der Waals surface area contributed by atoms with Crippen molar-refractivity contribution in [2.75, 3.05) is 5.32 Å². The average Bonchev–Trinajstić information content (AvgIpc) is 3.02. The number of hydrogen-bond acceptors (Lipinski definition) is 3. The highest BCUT2D eigenvalue weighted by Gasteiger charge is 2.11. The summed E-state index contributed by atoms with van der Waals surface area (Å²) in [6.45, 7) is 2.44. The number of nitrogens with zero attached hydrogens (tertiary/aromatic N) is 3. The normalized spacial score (nSPS) is 11.8. The van der Waals surface area contributed by atoms with Crippen molar-refractivity contribution in [3.63, 3.8) is 0 Å². The summed E-state index contributed by atoms with van der Waals surface area (Å²) in [6.07, 6.45) is 3.54. The second-order valence-electron chi connectivity index (χ2n) is 5.59. The Kier molecular flexibility index (Phi) is 5.30. The maximum absolute atomic E-state index is 12.1. The standard InChI is InChI=1S/C18H18ClN5O/c1-13(14-5-4-6-15(19)11-14)21-18(25)22-17-8-10-24(23-17)12-16-7-2-3-9-20-16/h2-11,13H,12H2,1H3,(H2,21,22,23,25). The Balaban J connectivity index is 1.56. The Labute approximate surface area is 150 Å². The number of nitrogens with one attached hydrogen (secondary N) is 2. The van der Waals surface area contributed by atoms with Crippen LogP contribution in [0.1, 0.15) is 24.2 Å². The van der Waals surface area contributed by atoms with E-state index in [2.05, 4.69) is 20.7 Å². The number of halogens is 1. The maximum atomic E-state index is 12.1. The van der Waals surface area contributed by atoms with E-state index in [1.54, 1.807) is 29.2 Å². The number of carbonyl (C=O) groups is 1. The number of carbonyl (C=O) groups excluding carboxylic acids is 1. The highest BCUT2D eigenvalue weighted by Crippen LogP contribution is 2.17. The van der Waals surface area contributed by atoms with Crippen LogP contribution in [0.2, 0.25) is 5.02 Å². The third-order valence-electron chi connectivity index (χ3n) is 3.63. The van der Waals surface area contributed by atoms with Gasteiger partial charge in [0, 0.05) is 23.5 Å². The van der Waals surface area contributed by atoms with E-state index in [0.717, 1.165) is 11.3 Å². The van der Waals surface area contributed by atoms with Gasteiger partial charge in [-0.1, -0.05) is 29.8 Å². The molecule has 2 heterocycles. The summed E-state index contributed by atoms with van der Waals surface area (Å²) in [5, 5.41) is 10.6. The van der Waals surface area contributed by atoms with E-state index in [4.69, 9.17) is 11.6 Å². The monoisotopic (exact) mass is 355 g/mol. The molecule has 0 aliphatic carbocycles. The van der Waals surface area contributed by atoms with Gasteiger partial charge in [0.1, 0.15) is 0 Å². The lowest BCUT2D eigenvalue weighted by Crippen LogP contribution is -2.31. The summed E-state index contributed by atoms with van der Waals surface area (Å²) in [6, 6.07) is 14.4. The molecule has 0 bridgehead atoms. The van der Waals surface area contributed by atoms with Crippen LogP contribution in [0.4, 0.5) is 10.6 Å². The van der Waals surface area contributed by atoms with Crippen molar-refractivity contribution in [2.24, 2.45) is 0 Å². The molecule has 2 N–H and O–H groups in total. The van der Waals surface area contributed by atoms with Crippen molar-refractivity contribution < 1.29 is 4.79 Å². The van der Waals surface area contributed by atoms with Crippen molar-refractivity contribution in [2.45, 2.75) is 19.5 Å². The molecule has 6 nitrogen and oxygen atoms in total. The van der Waals surface area contributed by atoms with E-state index < -0.39 is 0 Å². The number of benzene rings is 1. The van der Waals surface area contributed by atoms with Crippen molar-refractivity contribution in [3.8, 4) is 0 Å². The third kappa shape index (κ3) is 4.81. The molecule has 0 fully saturated rings. The van der Waals surface area contributed by atoms with Crippen LogP contribution in [0.3, 0.4) is 0 Å². The molecule has 0 saturated heterocycles. The Bertz CT molecular complexity index is 849. The van der Waals surface area contributed by atoms with Crippen molar-refractivity contribution in [1.29, 1.82) is 0 Å². The van der Waals surface area contributed by atoms with E-state index in [1.807, 2.05) is 43.3 Å². The van der Waals surface area contributed by atoms with Crippen LogP contribution in [0.25, 0.3) is 0 Å². The molecule has 0 aliphatic rings. The van der Waals surface area contributed by atoms with Crippen LogP contribution in [0.15, 0.2) is 60.9 Å². The zero-order chi connectivity index (χ0) is 17.6. The summed E-state index contributed by atoms with van der Waals surface area (Å²) in [5.41, 5.74) is 1.83. The van der Waals surface area contributed by atoms with Crippen molar-refractivity contribution in [1.82, 2.24) is 20.1 Å². The molecule has 1 aromatic carbocycles. The van der Waals surface area contributed by atoms with Crippen molar-refractivity contribution >= 4 is 23.4 Å². The van der Waals surface area contributed by atoms with Gasteiger partial charge in [0.2, 0.25) is 0 Å². The summed E-state index contributed by atoms with van der Waals surface area (Å²) in [4.78, 5) is 16.4. The van der Waals surface area contributed by atoms with Gasteiger partial charge >= 0.3 is 6.03 Å². The van der Waals surface area contributed by atoms with Crippen LogP contribution >= 0.6 is 11.6 Å². The molecule has 2 amide bonds. The van der Waals surface area contributed by atoms with Crippen LogP contribution in [0.5, 0.6) is 0 Å². The van der Waals surface area contributed by atoms with E-state index in [0.29, 0.717) is 17.4 Å². The topological polar surface area (TPSA) is 71.8 Å². The fourth-order valence-electron chi connectivity index (χ4n) is 2.38. The number of anilines is 1. The summed E-state index contributed by atoms with van der Waals surface area (Å²) >= 11 is 5.98. The van der Waals surface area contributed by atoms with Crippen LogP contribution in [-0.4, -0.2) is 20.8 Å². The number of urea groups is 1. The second kappa shape index (κ2) is 7.81. The van der Waals surface area contributed by atoms with Gasteiger partial charge in [-0.3, -0.25) is 15.0 Å². The molecule has 0 radical (unpaired) electrons. The molecular weight excluding hydrogens is 338 g/mol. The summed E-state index contributed by atoms with van der Waals surface area (Å²) < 4.78 is 1.72. The molecule has 2 aromatic heterocycles. The quantitative estimate of drug-likeness (QED) is 0.730. The maximum Gasteiger partial charge on any atom is 0.320 e. The van der Waals surface area contributed by atoms with Gasteiger partial charge in [-0.05, 0) is 36.8 Å². The van der Waals surface area contributed by atoms with Gasteiger partial charge in [-0.2, -0.15) is 5.10 Å². The zero-order valence-corrected chi connectivity index (χ0v) is 14.4. The van der Waals surface area contributed by atoms with Crippen LogP contribution in [-0.2, 0) is 6.54 Å². The first-order valence-electron chi connectivity index (χ1n) is 7.86. The molecule has 7 heteroatoms. The Morgan fingerprint density at radius 3 is 2.88 bits per heavy atom. The van der Waals surface area contributed by atoms with E-state index in [1.165, 1.54) is 0 Å². The fraction of sp³-hybridized carbons (Fsp3) is 0.167. The minimum absolute atomic E-state index is 0.172. The Hall–Kier alpha value is -2.86. The summed E-state index contributed by atoms with van der Waals surface area (Å²) in [5.74, 6) is 0.478. The van der Waals surface area contributed by atoms with E-state index in [9.17, 15) is 4.79 Å². The predicted molar refractivity (Wildman–Crippen MR) is 97.6 cm³/mol. The minimum Gasteiger partial charge on any atom is -0.331 e. The number of hydrogen-bond donors (Lipinski definition) is 2.